The third kappa shape index (κ3) is 7.01. The highest BCUT2D eigenvalue weighted by atomic mass is 28.3. The van der Waals surface area contributed by atoms with E-state index in [0.29, 0.717) is 11.3 Å². The monoisotopic (exact) mass is 660 g/mol. The Morgan fingerprint density at radius 2 is 1.26 bits per heavy atom. The van der Waals surface area contributed by atoms with E-state index in [1.165, 1.54) is 67.3 Å². The Balaban J connectivity index is 0.000000168. The third-order valence-corrected chi connectivity index (χ3v) is 19.5. The predicted octanol–water partition coefficient (Wildman–Crippen LogP) is 11.2. The summed E-state index contributed by atoms with van der Waals surface area (Å²) in [5, 5.41) is 14.1. The van der Waals surface area contributed by atoms with Gasteiger partial charge in [0.05, 0.1) is 22.3 Å². The molecule has 6 atom stereocenters. The zero-order chi connectivity index (χ0) is 33.2. The first kappa shape index (κ1) is 34.4. The zero-order valence-electron chi connectivity index (χ0n) is 30.1. The molecule has 0 bridgehead atoms. The van der Waals surface area contributed by atoms with Crippen molar-refractivity contribution in [2.24, 2.45) is 23.7 Å². The van der Waals surface area contributed by atoms with Gasteiger partial charge >= 0.3 is 0 Å². The van der Waals surface area contributed by atoms with Gasteiger partial charge in [-0.15, -0.1) is 0 Å². The molecule has 1 N–H and O–H groups in total. The van der Waals surface area contributed by atoms with Gasteiger partial charge in [0.15, 0.2) is 0 Å². The van der Waals surface area contributed by atoms with Crippen molar-refractivity contribution in [2.75, 3.05) is 0 Å². The van der Waals surface area contributed by atoms with Crippen molar-refractivity contribution < 1.29 is 5.11 Å². The molecule has 0 saturated heterocycles. The van der Waals surface area contributed by atoms with Gasteiger partial charge in [-0.1, -0.05) is 177 Å². The van der Waals surface area contributed by atoms with Crippen LogP contribution in [0.15, 0.2) is 113 Å². The number of benzene rings is 3. The summed E-state index contributed by atoms with van der Waals surface area (Å²) < 4.78 is 0. The Kier molecular flexibility index (Phi) is 10.4. The van der Waals surface area contributed by atoms with E-state index >= 15 is 0 Å². The van der Waals surface area contributed by atoms with E-state index in [2.05, 4.69) is 137 Å². The summed E-state index contributed by atoms with van der Waals surface area (Å²) >= 11 is 0. The van der Waals surface area contributed by atoms with Crippen molar-refractivity contribution in [1.29, 1.82) is 0 Å². The highest BCUT2D eigenvalue weighted by Gasteiger charge is 2.54. The van der Waals surface area contributed by atoms with Crippen LogP contribution in [-0.4, -0.2) is 27.4 Å². The molecular formula is C44H60OSi2. The molecule has 0 radical (unpaired) electrons. The largest absolute Gasteiger partial charge is 0.389 e. The van der Waals surface area contributed by atoms with Crippen molar-refractivity contribution in [1.82, 2.24) is 0 Å². The van der Waals surface area contributed by atoms with Crippen LogP contribution in [0.3, 0.4) is 0 Å². The Bertz CT molecular complexity index is 1540. The number of allylic oxidation sites excluding steroid dienone is 3. The lowest BCUT2D eigenvalue weighted by Gasteiger charge is -2.49. The van der Waals surface area contributed by atoms with Crippen LogP contribution in [0.2, 0.25) is 26.2 Å². The van der Waals surface area contributed by atoms with Gasteiger partial charge in [0, 0.05) is 5.41 Å². The minimum atomic E-state index is -1.58. The van der Waals surface area contributed by atoms with E-state index in [1.807, 2.05) is 5.20 Å². The van der Waals surface area contributed by atoms with E-state index in [4.69, 9.17) is 0 Å². The second kappa shape index (κ2) is 14.2. The quantitative estimate of drug-likeness (QED) is 0.250. The number of rotatable bonds is 7. The van der Waals surface area contributed by atoms with Crippen LogP contribution in [0.25, 0.3) is 0 Å². The molecule has 0 amide bonds. The normalized spacial score (nSPS) is 29.0. The first-order chi connectivity index (χ1) is 22.5. The van der Waals surface area contributed by atoms with E-state index < -0.39 is 16.1 Å². The summed E-state index contributed by atoms with van der Waals surface area (Å²) in [5.74, 6) is 3.07. The van der Waals surface area contributed by atoms with Crippen LogP contribution in [0.1, 0.15) is 81.9 Å². The standard InChI is InChI=1S/C25H32Si.C19H28OSi/c1-20-11-10-18-25(22-14-8-5-9-15-22)23(20)16-17-24(25)26(2,3)19-21-12-6-4-7-13-21;1-14-8-7-11-16-17(14)12-18(20)19(16)21(2,3)13-15-9-5-4-6-10-15/h4-9,12-15,17,20,23H,10-11,16,18-19H2,1-3H3;4-6,9-10,14,17-18,20H,7-8,11-13H2,1-3H3/t20-,23+,25-;14-,17+,18+/m11/s1. The summed E-state index contributed by atoms with van der Waals surface area (Å²) in [6, 6.07) is 35.9. The number of aliphatic hydroxyl groups is 1. The van der Waals surface area contributed by atoms with Crippen LogP contribution in [0.4, 0.5) is 0 Å². The van der Waals surface area contributed by atoms with Gasteiger partial charge in [0.25, 0.3) is 0 Å². The SMILES string of the molecule is C[C@@H]1CCCC2=C([Si](C)(C)Cc3ccccc3)[C@@H](O)C[C@H]21.C[C@@H]1CCC[C@]2(c3ccccc3)C([Si](C)(C)Cc3ccccc3)=CC[C@@H]12. The van der Waals surface area contributed by atoms with Gasteiger partial charge in [-0.3, -0.25) is 0 Å². The maximum Gasteiger partial charge on any atom is 0.0830 e. The smallest absolute Gasteiger partial charge is 0.0830 e. The number of hydrogen-bond donors (Lipinski definition) is 1. The Labute approximate surface area is 288 Å². The fraction of sp³-hybridized carbons (Fsp3) is 0.500. The molecule has 0 spiro atoms. The van der Waals surface area contributed by atoms with E-state index in [1.54, 1.807) is 11.1 Å². The second-order valence-corrected chi connectivity index (χ2v) is 26.2. The van der Waals surface area contributed by atoms with E-state index in [-0.39, 0.29) is 6.10 Å². The van der Waals surface area contributed by atoms with E-state index in [0.717, 1.165) is 30.2 Å². The van der Waals surface area contributed by atoms with Gasteiger partial charge in [0.1, 0.15) is 0 Å². The van der Waals surface area contributed by atoms with Gasteiger partial charge in [0.2, 0.25) is 0 Å². The lowest BCUT2D eigenvalue weighted by atomic mass is 9.60. The van der Waals surface area contributed by atoms with Crippen LogP contribution in [0.5, 0.6) is 0 Å². The molecule has 0 heterocycles. The molecular weight excluding hydrogens is 601 g/mol. The van der Waals surface area contributed by atoms with Gasteiger partial charge < -0.3 is 5.11 Å². The molecule has 0 aromatic heterocycles. The first-order valence-corrected chi connectivity index (χ1v) is 25.2. The summed E-state index contributed by atoms with van der Waals surface area (Å²) in [5.41, 5.74) is 6.51. The highest BCUT2D eigenvalue weighted by Crippen LogP contribution is 2.58. The molecule has 250 valence electrons. The summed E-state index contributed by atoms with van der Waals surface area (Å²) in [4.78, 5) is 0. The average molecular weight is 661 g/mol. The summed E-state index contributed by atoms with van der Waals surface area (Å²) in [6.07, 6.45) is 12.9. The molecule has 3 heteroatoms. The molecule has 3 aromatic rings. The Hall–Kier alpha value is -2.47. The van der Waals surface area contributed by atoms with Crippen LogP contribution in [0, 0.1) is 23.7 Å². The van der Waals surface area contributed by atoms with Crippen molar-refractivity contribution in [3.63, 3.8) is 0 Å². The van der Waals surface area contributed by atoms with Crippen molar-refractivity contribution in [2.45, 2.75) is 115 Å². The van der Waals surface area contributed by atoms with Gasteiger partial charge in [-0.05, 0) is 79.8 Å². The molecule has 7 rings (SSSR count). The molecule has 2 saturated carbocycles. The molecule has 0 aliphatic heterocycles. The molecule has 4 aliphatic carbocycles. The number of aliphatic hydroxyl groups excluding tert-OH is 1. The zero-order valence-corrected chi connectivity index (χ0v) is 32.1. The molecule has 47 heavy (non-hydrogen) atoms. The van der Waals surface area contributed by atoms with Crippen molar-refractivity contribution >= 4 is 16.1 Å². The number of fused-ring (bicyclic) bond motifs is 2. The molecule has 2 fully saturated rings. The molecule has 3 aromatic carbocycles. The fourth-order valence-corrected chi connectivity index (χ4v) is 18.2. The van der Waals surface area contributed by atoms with E-state index in [9.17, 15) is 5.11 Å². The summed E-state index contributed by atoms with van der Waals surface area (Å²) in [6.45, 7) is 15.0. The van der Waals surface area contributed by atoms with Gasteiger partial charge in [-0.25, -0.2) is 0 Å². The van der Waals surface area contributed by atoms with Crippen LogP contribution in [-0.2, 0) is 17.5 Å². The Morgan fingerprint density at radius 1 is 0.702 bits per heavy atom. The van der Waals surface area contributed by atoms with Crippen LogP contribution < -0.4 is 0 Å². The third-order valence-electron chi connectivity index (χ3n) is 12.7. The fourth-order valence-electron chi connectivity index (χ4n) is 10.8. The second-order valence-electron chi connectivity index (χ2n) is 16.9. The van der Waals surface area contributed by atoms with Gasteiger partial charge in [-0.2, -0.15) is 0 Å². The Morgan fingerprint density at radius 3 is 1.87 bits per heavy atom. The lowest BCUT2D eigenvalue weighted by Crippen LogP contribution is -2.48. The lowest BCUT2D eigenvalue weighted by molar-refractivity contribution is 0.174. The topological polar surface area (TPSA) is 20.2 Å². The molecule has 1 nitrogen and oxygen atoms in total. The first-order valence-electron chi connectivity index (χ1n) is 18.8. The maximum atomic E-state index is 10.7. The average Bonchev–Trinajstić information content (AvgIpc) is 3.64. The van der Waals surface area contributed by atoms with Crippen molar-refractivity contribution in [3.8, 4) is 0 Å². The number of hydrogen-bond acceptors (Lipinski definition) is 1. The molecule has 4 aliphatic rings. The molecule has 0 unspecified atom stereocenters. The minimum Gasteiger partial charge on any atom is -0.389 e. The van der Waals surface area contributed by atoms with Crippen LogP contribution >= 0.6 is 0 Å². The maximum absolute atomic E-state index is 10.7. The predicted molar refractivity (Wildman–Crippen MR) is 207 cm³/mol. The summed E-state index contributed by atoms with van der Waals surface area (Å²) in [7, 11) is -3.13. The highest BCUT2D eigenvalue weighted by molar-refractivity contribution is 6.84. The minimum absolute atomic E-state index is 0.157. The van der Waals surface area contributed by atoms with Crippen molar-refractivity contribution in [3.05, 3.63) is 130 Å².